The number of halogens is 1. The smallest absolute Gasteiger partial charge is 0.335 e. The first-order chi connectivity index (χ1) is 16.7. The Balaban J connectivity index is 1.53. The number of aromatic carboxylic acids is 1. The van der Waals surface area contributed by atoms with Crippen molar-refractivity contribution in [2.75, 3.05) is 4.90 Å². The summed E-state index contributed by atoms with van der Waals surface area (Å²) in [5, 5.41) is 11.6. The maximum atomic E-state index is 13.2. The maximum absolute atomic E-state index is 13.2. The summed E-state index contributed by atoms with van der Waals surface area (Å²) in [6, 6.07) is 19.1. The average Bonchev–Trinajstić information content (AvgIpc) is 2.82. The lowest BCUT2D eigenvalue weighted by Gasteiger charge is -2.30. The predicted octanol–water partition coefficient (Wildman–Crippen LogP) is 4.71. The monoisotopic (exact) mass is 598 g/mol. The molecule has 176 valence electrons. The number of benzene rings is 3. The maximum Gasteiger partial charge on any atom is 0.335 e. The van der Waals surface area contributed by atoms with Crippen LogP contribution >= 0.6 is 34.8 Å². The van der Waals surface area contributed by atoms with Crippen LogP contribution in [0, 0.1) is 10.5 Å². The summed E-state index contributed by atoms with van der Waals surface area (Å²) < 4.78 is 6.65. The highest BCUT2D eigenvalue weighted by atomic mass is 127. The summed E-state index contributed by atoms with van der Waals surface area (Å²) in [5.41, 5.74) is 3.14. The number of carboxylic acids is 1. The van der Waals surface area contributed by atoms with Crippen molar-refractivity contribution >= 4 is 69.5 Å². The number of nitrogens with one attached hydrogen (secondary N) is 1. The second-order valence-corrected chi connectivity index (χ2v) is 9.27. The van der Waals surface area contributed by atoms with Gasteiger partial charge in [0.2, 0.25) is 0 Å². The van der Waals surface area contributed by atoms with Gasteiger partial charge in [-0.1, -0.05) is 36.4 Å². The lowest BCUT2D eigenvalue weighted by atomic mass is 10.1. The van der Waals surface area contributed by atoms with Gasteiger partial charge in [-0.15, -0.1) is 0 Å². The first kappa shape index (κ1) is 24.6. The third-order valence-electron chi connectivity index (χ3n) is 5.32. The molecule has 2 N–H and O–H groups in total. The van der Waals surface area contributed by atoms with Crippen molar-refractivity contribution in [1.29, 1.82) is 0 Å². The molecule has 1 aliphatic rings. The van der Waals surface area contributed by atoms with E-state index in [0.29, 0.717) is 17.0 Å². The number of carbonyl (C=O) groups excluding carboxylic acids is 2. The van der Waals surface area contributed by atoms with Gasteiger partial charge in [0.25, 0.3) is 11.8 Å². The summed E-state index contributed by atoms with van der Waals surface area (Å²) in [4.78, 5) is 38.1. The number of thiocarbonyl (C=S) groups is 1. The first-order valence-corrected chi connectivity index (χ1v) is 11.9. The summed E-state index contributed by atoms with van der Waals surface area (Å²) in [6.45, 7) is 2.13. The van der Waals surface area contributed by atoms with Crippen LogP contribution in [0.15, 0.2) is 72.3 Å². The molecule has 2 amide bonds. The average molecular weight is 598 g/mol. The van der Waals surface area contributed by atoms with E-state index >= 15 is 0 Å². The van der Waals surface area contributed by atoms with Crippen LogP contribution in [0.4, 0.5) is 5.69 Å². The van der Waals surface area contributed by atoms with Crippen LogP contribution in [0.2, 0.25) is 0 Å². The van der Waals surface area contributed by atoms with Gasteiger partial charge in [0, 0.05) is 0 Å². The lowest BCUT2D eigenvalue weighted by Crippen LogP contribution is -2.54. The molecule has 0 unspecified atom stereocenters. The highest BCUT2D eigenvalue weighted by Crippen LogP contribution is 2.27. The van der Waals surface area contributed by atoms with E-state index < -0.39 is 17.8 Å². The Bertz CT molecular complexity index is 1380. The molecule has 1 heterocycles. The Morgan fingerprint density at radius 1 is 1.11 bits per heavy atom. The number of hydrogen-bond acceptors (Lipinski definition) is 5. The molecule has 0 saturated carbocycles. The van der Waals surface area contributed by atoms with E-state index in [0.717, 1.165) is 14.7 Å². The highest BCUT2D eigenvalue weighted by molar-refractivity contribution is 14.1. The van der Waals surface area contributed by atoms with Crippen LogP contribution < -0.4 is 15.0 Å². The molecular weight excluding hydrogens is 579 g/mol. The van der Waals surface area contributed by atoms with Crippen LogP contribution in [0.25, 0.3) is 6.08 Å². The van der Waals surface area contributed by atoms with Gasteiger partial charge in [0.1, 0.15) is 17.9 Å². The van der Waals surface area contributed by atoms with E-state index in [1.807, 2.05) is 25.1 Å². The van der Waals surface area contributed by atoms with Gasteiger partial charge in [-0.25, -0.2) is 4.79 Å². The molecule has 0 atom stereocenters. The fourth-order valence-electron chi connectivity index (χ4n) is 3.49. The molecule has 7 nitrogen and oxygen atoms in total. The fraction of sp³-hybridized carbons (Fsp3) is 0.0769. The van der Waals surface area contributed by atoms with Crippen LogP contribution in [0.1, 0.15) is 27.0 Å². The number of hydrogen-bond donors (Lipinski definition) is 2. The quantitative estimate of drug-likeness (QED) is 0.185. The summed E-state index contributed by atoms with van der Waals surface area (Å²) >= 11 is 7.39. The van der Waals surface area contributed by atoms with Crippen molar-refractivity contribution in [2.45, 2.75) is 13.5 Å². The lowest BCUT2D eigenvalue weighted by molar-refractivity contribution is -0.122. The number of para-hydroxylation sites is 1. The molecule has 3 aromatic rings. The van der Waals surface area contributed by atoms with E-state index in [9.17, 15) is 14.4 Å². The van der Waals surface area contributed by atoms with E-state index in [-0.39, 0.29) is 22.9 Å². The Morgan fingerprint density at radius 2 is 1.83 bits per heavy atom. The van der Waals surface area contributed by atoms with Gasteiger partial charge in [-0.05, 0) is 94.8 Å². The number of carboxylic acid groups (broad SMARTS) is 1. The first-order valence-electron chi connectivity index (χ1n) is 10.5. The van der Waals surface area contributed by atoms with Gasteiger partial charge >= 0.3 is 5.97 Å². The number of rotatable bonds is 6. The number of amides is 2. The molecule has 3 aromatic carbocycles. The minimum Gasteiger partial charge on any atom is -0.488 e. The van der Waals surface area contributed by atoms with E-state index in [4.69, 9.17) is 22.1 Å². The van der Waals surface area contributed by atoms with Gasteiger partial charge in [0.15, 0.2) is 5.11 Å². The third-order valence-corrected chi connectivity index (χ3v) is 6.45. The van der Waals surface area contributed by atoms with Crippen molar-refractivity contribution in [1.82, 2.24) is 5.32 Å². The van der Waals surface area contributed by atoms with Crippen molar-refractivity contribution in [3.63, 3.8) is 0 Å². The molecule has 0 radical (unpaired) electrons. The van der Waals surface area contributed by atoms with Gasteiger partial charge in [-0.2, -0.15) is 0 Å². The van der Waals surface area contributed by atoms with E-state index in [1.165, 1.54) is 23.1 Å². The standard InChI is InChI=1S/C26H19IN2O5S/c1-15-4-2-3-5-21(15)29-24(31)19(23(30)28-26(29)35)12-17-8-11-22(20(27)13-17)34-14-16-6-9-18(10-7-16)25(32)33/h2-13H,14H2,1H3,(H,32,33)(H,28,30,35). The molecule has 9 heteroatoms. The van der Waals surface area contributed by atoms with Gasteiger partial charge in [0.05, 0.1) is 14.8 Å². The Kier molecular flexibility index (Phi) is 7.27. The van der Waals surface area contributed by atoms with Crippen molar-refractivity contribution in [2.24, 2.45) is 0 Å². The molecular formula is C26H19IN2O5S. The molecule has 0 aliphatic carbocycles. The fourth-order valence-corrected chi connectivity index (χ4v) is 4.45. The summed E-state index contributed by atoms with van der Waals surface area (Å²) in [5.74, 6) is -1.40. The normalized spacial score (nSPS) is 14.7. The molecule has 0 spiro atoms. The molecule has 1 aliphatic heterocycles. The largest absolute Gasteiger partial charge is 0.488 e. The van der Waals surface area contributed by atoms with Crippen LogP contribution in [0.3, 0.4) is 0 Å². The van der Waals surface area contributed by atoms with E-state index in [2.05, 4.69) is 27.9 Å². The number of ether oxygens (including phenoxy) is 1. The third kappa shape index (κ3) is 5.41. The minimum absolute atomic E-state index is 0.0233. The van der Waals surface area contributed by atoms with Crippen molar-refractivity contribution < 1.29 is 24.2 Å². The number of nitrogens with zero attached hydrogens (tertiary/aromatic N) is 1. The zero-order chi connectivity index (χ0) is 25.1. The molecule has 4 rings (SSSR count). The highest BCUT2D eigenvalue weighted by Gasteiger charge is 2.35. The predicted molar refractivity (Wildman–Crippen MR) is 144 cm³/mol. The Hall–Kier alpha value is -3.57. The van der Waals surface area contributed by atoms with E-state index in [1.54, 1.807) is 36.4 Å². The van der Waals surface area contributed by atoms with Crippen LogP contribution in [0.5, 0.6) is 5.75 Å². The van der Waals surface area contributed by atoms with Crippen LogP contribution in [-0.4, -0.2) is 28.0 Å². The number of carbonyl (C=O) groups is 3. The zero-order valence-corrected chi connectivity index (χ0v) is 21.4. The molecule has 0 aromatic heterocycles. The number of anilines is 1. The SMILES string of the molecule is Cc1ccccc1N1C(=O)C(=Cc2ccc(OCc3ccc(C(=O)O)cc3)c(I)c2)C(=O)NC1=S. The molecule has 1 fully saturated rings. The van der Waals surface area contributed by atoms with Crippen molar-refractivity contribution in [3.05, 3.63) is 98.1 Å². The topological polar surface area (TPSA) is 95.9 Å². The molecule has 35 heavy (non-hydrogen) atoms. The second-order valence-electron chi connectivity index (χ2n) is 7.72. The van der Waals surface area contributed by atoms with Gasteiger partial charge in [-0.3, -0.25) is 19.8 Å². The Morgan fingerprint density at radius 3 is 2.49 bits per heavy atom. The zero-order valence-electron chi connectivity index (χ0n) is 18.4. The minimum atomic E-state index is -0.981. The van der Waals surface area contributed by atoms with Crippen molar-refractivity contribution in [3.8, 4) is 5.75 Å². The second kappa shape index (κ2) is 10.4. The number of aryl methyl sites for hydroxylation is 1. The van der Waals surface area contributed by atoms with Crippen LogP contribution in [-0.2, 0) is 16.2 Å². The summed E-state index contributed by atoms with van der Waals surface area (Å²) in [6.07, 6.45) is 1.53. The Labute approximate surface area is 220 Å². The molecule has 1 saturated heterocycles. The van der Waals surface area contributed by atoms with Gasteiger partial charge < -0.3 is 9.84 Å². The molecule has 0 bridgehead atoms. The summed E-state index contributed by atoms with van der Waals surface area (Å²) in [7, 11) is 0.